The van der Waals surface area contributed by atoms with E-state index >= 15 is 0 Å². The zero-order valence-electron chi connectivity index (χ0n) is 11.0. The van der Waals surface area contributed by atoms with Crippen LogP contribution in [0.5, 0.6) is 5.75 Å². The fourth-order valence-corrected chi connectivity index (χ4v) is 2.06. The first-order chi connectivity index (χ1) is 9.60. The number of aromatic amines is 1. The standard InChI is InChI=1S/C14H12N2O4/c1-8-3-6-12(20-8)16-13(17)10-7-9(19-2)4-5-11(10)15-14(16)18/h3-7H,1-2H3,(H,15,18). The molecule has 0 unspecified atom stereocenters. The summed E-state index contributed by atoms with van der Waals surface area (Å²) in [6, 6.07) is 8.17. The normalized spacial score (nSPS) is 10.9. The number of hydrogen-bond acceptors (Lipinski definition) is 4. The van der Waals surface area contributed by atoms with Crippen LogP contribution in [0.3, 0.4) is 0 Å². The topological polar surface area (TPSA) is 77.2 Å². The Labute approximate surface area is 113 Å². The molecule has 102 valence electrons. The van der Waals surface area contributed by atoms with E-state index in [1.165, 1.54) is 7.11 Å². The number of hydrogen-bond donors (Lipinski definition) is 1. The summed E-state index contributed by atoms with van der Waals surface area (Å²) >= 11 is 0. The molecule has 2 heterocycles. The summed E-state index contributed by atoms with van der Waals surface area (Å²) in [7, 11) is 1.52. The largest absolute Gasteiger partial charge is 0.497 e. The third-order valence-electron chi connectivity index (χ3n) is 3.05. The van der Waals surface area contributed by atoms with Crippen molar-refractivity contribution in [2.45, 2.75) is 6.92 Å². The van der Waals surface area contributed by atoms with Gasteiger partial charge in [-0.1, -0.05) is 0 Å². The van der Waals surface area contributed by atoms with Gasteiger partial charge in [-0.3, -0.25) is 4.79 Å². The minimum Gasteiger partial charge on any atom is -0.497 e. The number of benzene rings is 1. The van der Waals surface area contributed by atoms with Crippen LogP contribution in [-0.4, -0.2) is 16.7 Å². The minimum atomic E-state index is -0.540. The average Bonchev–Trinajstić information content (AvgIpc) is 2.85. The second kappa shape index (κ2) is 4.41. The van der Waals surface area contributed by atoms with Crippen LogP contribution in [-0.2, 0) is 0 Å². The summed E-state index contributed by atoms with van der Waals surface area (Å²) in [6.07, 6.45) is 0. The van der Waals surface area contributed by atoms with Crippen molar-refractivity contribution in [1.82, 2.24) is 9.55 Å². The van der Waals surface area contributed by atoms with E-state index in [-0.39, 0.29) is 5.88 Å². The van der Waals surface area contributed by atoms with Gasteiger partial charge in [0.25, 0.3) is 5.56 Å². The van der Waals surface area contributed by atoms with Gasteiger partial charge in [-0.25, -0.2) is 4.79 Å². The van der Waals surface area contributed by atoms with Gasteiger partial charge in [-0.2, -0.15) is 4.57 Å². The lowest BCUT2D eigenvalue weighted by Crippen LogP contribution is -2.33. The molecule has 6 heteroatoms. The molecule has 0 saturated heterocycles. The maximum absolute atomic E-state index is 12.5. The Morgan fingerprint density at radius 3 is 2.65 bits per heavy atom. The SMILES string of the molecule is COc1ccc2[nH]c(=O)n(-c3ccc(C)o3)c(=O)c2c1. The Balaban J connectivity index is 2.38. The van der Waals surface area contributed by atoms with E-state index in [0.29, 0.717) is 22.4 Å². The van der Waals surface area contributed by atoms with Crippen LogP contribution in [0.1, 0.15) is 5.76 Å². The summed E-state index contributed by atoms with van der Waals surface area (Å²) in [5.74, 6) is 1.36. The van der Waals surface area contributed by atoms with Crippen molar-refractivity contribution in [3.8, 4) is 11.6 Å². The van der Waals surface area contributed by atoms with E-state index in [1.807, 2.05) is 0 Å². The molecule has 0 saturated carbocycles. The van der Waals surface area contributed by atoms with Crippen molar-refractivity contribution in [3.63, 3.8) is 0 Å². The van der Waals surface area contributed by atoms with Gasteiger partial charge in [0.2, 0.25) is 5.88 Å². The lowest BCUT2D eigenvalue weighted by molar-refractivity contribution is 0.415. The van der Waals surface area contributed by atoms with Crippen molar-refractivity contribution in [2.24, 2.45) is 0 Å². The molecule has 0 aliphatic rings. The lowest BCUT2D eigenvalue weighted by atomic mass is 10.2. The monoisotopic (exact) mass is 272 g/mol. The molecule has 1 N–H and O–H groups in total. The van der Waals surface area contributed by atoms with Gasteiger partial charge in [0.05, 0.1) is 18.0 Å². The summed E-state index contributed by atoms with van der Waals surface area (Å²) in [4.78, 5) is 27.1. The Kier molecular flexibility index (Phi) is 2.71. The van der Waals surface area contributed by atoms with E-state index in [2.05, 4.69) is 4.98 Å². The molecular formula is C14H12N2O4. The molecule has 0 bridgehead atoms. The van der Waals surface area contributed by atoms with Crippen LogP contribution >= 0.6 is 0 Å². The van der Waals surface area contributed by atoms with Gasteiger partial charge in [-0.05, 0) is 31.2 Å². The van der Waals surface area contributed by atoms with Gasteiger partial charge in [0.1, 0.15) is 11.5 Å². The number of nitrogens with one attached hydrogen (secondary N) is 1. The van der Waals surface area contributed by atoms with E-state index < -0.39 is 11.2 Å². The number of H-pyrrole nitrogens is 1. The summed E-state index contributed by atoms with van der Waals surface area (Å²) in [6.45, 7) is 1.74. The molecule has 0 aliphatic heterocycles. The second-order valence-electron chi connectivity index (χ2n) is 4.37. The summed E-state index contributed by atoms with van der Waals surface area (Å²) in [5.41, 5.74) is -0.528. The average molecular weight is 272 g/mol. The number of furan rings is 1. The predicted molar refractivity (Wildman–Crippen MR) is 73.7 cm³/mol. The van der Waals surface area contributed by atoms with Gasteiger partial charge < -0.3 is 14.1 Å². The smallest absolute Gasteiger partial charge is 0.335 e. The quantitative estimate of drug-likeness (QED) is 0.768. The lowest BCUT2D eigenvalue weighted by Gasteiger charge is -2.05. The Bertz CT molecular complexity index is 901. The van der Waals surface area contributed by atoms with Gasteiger partial charge in [-0.15, -0.1) is 0 Å². The number of ether oxygens (including phenoxy) is 1. The summed E-state index contributed by atoms with van der Waals surface area (Å²) in [5, 5.41) is 0.359. The van der Waals surface area contributed by atoms with Crippen LogP contribution in [0, 0.1) is 6.92 Å². The number of fused-ring (bicyclic) bond motifs is 1. The maximum Gasteiger partial charge on any atom is 0.335 e. The summed E-state index contributed by atoms with van der Waals surface area (Å²) < 4.78 is 11.4. The minimum absolute atomic E-state index is 0.193. The highest BCUT2D eigenvalue weighted by molar-refractivity contribution is 5.79. The zero-order valence-corrected chi connectivity index (χ0v) is 11.0. The second-order valence-corrected chi connectivity index (χ2v) is 4.37. The third-order valence-corrected chi connectivity index (χ3v) is 3.05. The van der Waals surface area contributed by atoms with Gasteiger partial charge in [0.15, 0.2) is 0 Å². The molecule has 0 spiro atoms. The predicted octanol–water partition coefficient (Wildman–Crippen LogP) is 1.59. The van der Waals surface area contributed by atoms with Crippen LogP contribution < -0.4 is 16.0 Å². The van der Waals surface area contributed by atoms with Crippen molar-refractivity contribution in [3.05, 3.63) is 56.9 Å². The Hall–Kier alpha value is -2.76. The zero-order chi connectivity index (χ0) is 14.3. The highest BCUT2D eigenvalue weighted by Gasteiger charge is 2.12. The van der Waals surface area contributed by atoms with Gasteiger partial charge in [0, 0.05) is 6.07 Å². The molecule has 1 aromatic carbocycles. The molecule has 0 atom stereocenters. The van der Waals surface area contributed by atoms with Crippen molar-refractivity contribution >= 4 is 10.9 Å². The third kappa shape index (κ3) is 1.82. The number of rotatable bonds is 2. The molecule has 3 aromatic rings. The first-order valence-corrected chi connectivity index (χ1v) is 6.00. The van der Waals surface area contributed by atoms with Crippen LogP contribution in [0.4, 0.5) is 0 Å². The highest BCUT2D eigenvalue weighted by Crippen LogP contribution is 2.16. The van der Waals surface area contributed by atoms with Gasteiger partial charge >= 0.3 is 5.69 Å². The van der Waals surface area contributed by atoms with Crippen LogP contribution in [0.15, 0.2) is 44.3 Å². The molecule has 0 radical (unpaired) electrons. The van der Waals surface area contributed by atoms with E-state index in [4.69, 9.17) is 9.15 Å². The van der Waals surface area contributed by atoms with E-state index in [0.717, 1.165) is 4.57 Å². The van der Waals surface area contributed by atoms with E-state index in [9.17, 15) is 9.59 Å². The number of methoxy groups -OCH3 is 1. The molecule has 0 aliphatic carbocycles. The Morgan fingerprint density at radius 1 is 1.20 bits per heavy atom. The number of aromatic nitrogens is 2. The molecule has 3 rings (SSSR count). The van der Waals surface area contributed by atoms with Crippen molar-refractivity contribution < 1.29 is 9.15 Å². The molecule has 0 amide bonds. The Morgan fingerprint density at radius 2 is 2.00 bits per heavy atom. The molecular weight excluding hydrogens is 260 g/mol. The number of aryl methyl sites for hydroxylation is 1. The first-order valence-electron chi connectivity index (χ1n) is 6.00. The maximum atomic E-state index is 12.5. The highest BCUT2D eigenvalue weighted by atomic mass is 16.5. The number of nitrogens with zero attached hydrogens (tertiary/aromatic N) is 1. The molecule has 2 aromatic heterocycles. The van der Waals surface area contributed by atoms with Crippen molar-refractivity contribution in [1.29, 1.82) is 0 Å². The molecule has 6 nitrogen and oxygen atoms in total. The van der Waals surface area contributed by atoms with Crippen molar-refractivity contribution in [2.75, 3.05) is 7.11 Å². The van der Waals surface area contributed by atoms with Crippen LogP contribution in [0.2, 0.25) is 0 Å². The fourth-order valence-electron chi connectivity index (χ4n) is 2.06. The van der Waals surface area contributed by atoms with E-state index in [1.54, 1.807) is 37.3 Å². The molecule has 20 heavy (non-hydrogen) atoms. The first kappa shape index (κ1) is 12.3. The fraction of sp³-hybridized carbons (Fsp3) is 0.143. The van der Waals surface area contributed by atoms with Crippen LogP contribution in [0.25, 0.3) is 16.8 Å². The molecule has 0 fully saturated rings.